The number of anilines is 1. The Morgan fingerprint density at radius 1 is 1.67 bits per heavy atom. The predicted molar refractivity (Wildman–Crippen MR) is 75.7 cm³/mol. The Labute approximate surface area is 112 Å². The molecule has 5 heteroatoms. The number of rotatable bonds is 4. The third kappa shape index (κ3) is 3.17. The number of thiazole rings is 1. The fourth-order valence-electron chi connectivity index (χ4n) is 2.16. The number of likely N-dealkylation sites (tertiary alicyclic amines) is 1. The second kappa shape index (κ2) is 6.11. The first-order chi connectivity index (χ1) is 8.72. The normalized spacial score (nSPS) is 17.6. The summed E-state index contributed by atoms with van der Waals surface area (Å²) in [5, 5.41) is 5.47. The van der Waals surface area contributed by atoms with Crippen molar-refractivity contribution >= 4 is 28.5 Å². The molecule has 2 rings (SSSR count). The van der Waals surface area contributed by atoms with E-state index in [4.69, 9.17) is 0 Å². The minimum absolute atomic E-state index is 0.107. The van der Waals surface area contributed by atoms with Crippen molar-refractivity contribution in [3.05, 3.63) is 17.7 Å². The summed E-state index contributed by atoms with van der Waals surface area (Å²) in [6.07, 6.45) is 3.57. The molecule has 0 aliphatic carbocycles. The van der Waals surface area contributed by atoms with Crippen LogP contribution in [0.25, 0.3) is 6.08 Å². The minimum atomic E-state index is 0.107. The van der Waals surface area contributed by atoms with Crippen molar-refractivity contribution in [3.63, 3.8) is 0 Å². The number of piperidine rings is 1. The first kappa shape index (κ1) is 13.2. The molecule has 1 saturated heterocycles. The Bertz CT molecular complexity index is 422. The van der Waals surface area contributed by atoms with Crippen molar-refractivity contribution in [2.24, 2.45) is 5.92 Å². The number of nitrogens with one attached hydrogen (secondary N) is 1. The van der Waals surface area contributed by atoms with Gasteiger partial charge >= 0.3 is 0 Å². The number of amides is 1. The summed E-state index contributed by atoms with van der Waals surface area (Å²) in [4.78, 5) is 18.7. The first-order valence-corrected chi connectivity index (χ1v) is 7.22. The molecule has 0 bridgehead atoms. The maximum atomic E-state index is 12.1. The molecule has 0 spiro atoms. The van der Waals surface area contributed by atoms with Crippen LogP contribution in [0.2, 0.25) is 0 Å². The van der Waals surface area contributed by atoms with E-state index in [1.165, 1.54) is 11.3 Å². The van der Waals surface area contributed by atoms with E-state index < -0.39 is 0 Å². The highest BCUT2D eigenvalue weighted by Crippen LogP contribution is 2.21. The molecule has 1 amide bonds. The maximum absolute atomic E-state index is 12.1. The summed E-state index contributed by atoms with van der Waals surface area (Å²) < 4.78 is 0. The number of aromatic nitrogens is 1. The summed E-state index contributed by atoms with van der Waals surface area (Å²) in [5.74, 6) is 0.236. The SMILES string of the molecule is C=Cc1csc(NC(=O)C2CCN(CC)CC2)n1. The van der Waals surface area contributed by atoms with E-state index in [-0.39, 0.29) is 11.8 Å². The van der Waals surface area contributed by atoms with Crippen molar-refractivity contribution in [3.8, 4) is 0 Å². The molecule has 0 saturated carbocycles. The van der Waals surface area contributed by atoms with Gasteiger partial charge in [-0.05, 0) is 38.6 Å². The fraction of sp³-hybridized carbons (Fsp3) is 0.538. The number of hydrogen-bond acceptors (Lipinski definition) is 4. The zero-order chi connectivity index (χ0) is 13.0. The molecule has 2 heterocycles. The number of hydrogen-bond donors (Lipinski definition) is 1. The van der Waals surface area contributed by atoms with Gasteiger partial charge in [0.2, 0.25) is 5.91 Å². The lowest BCUT2D eigenvalue weighted by atomic mass is 9.96. The van der Waals surface area contributed by atoms with Gasteiger partial charge < -0.3 is 10.2 Å². The summed E-state index contributed by atoms with van der Waals surface area (Å²) in [7, 11) is 0. The smallest absolute Gasteiger partial charge is 0.229 e. The van der Waals surface area contributed by atoms with Gasteiger partial charge in [0, 0.05) is 11.3 Å². The number of nitrogens with zero attached hydrogens (tertiary/aromatic N) is 2. The molecule has 0 atom stereocenters. The maximum Gasteiger partial charge on any atom is 0.229 e. The molecular weight excluding hydrogens is 246 g/mol. The molecule has 1 aromatic heterocycles. The van der Waals surface area contributed by atoms with Crippen LogP contribution in [0, 0.1) is 5.92 Å². The Morgan fingerprint density at radius 2 is 2.39 bits per heavy atom. The van der Waals surface area contributed by atoms with Crippen LogP contribution in [0.1, 0.15) is 25.5 Å². The van der Waals surface area contributed by atoms with Gasteiger partial charge in [0.05, 0.1) is 5.69 Å². The molecule has 1 aliphatic heterocycles. The third-order valence-electron chi connectivity index (χ3n) is 3.37. The Hall–Kier alpha value is -1.20. The molecule has 1 N–H and O–H groups in total. The molecule has 1 aliphatic rings. The Morgan fingerprint density at radius 3 is 2.94 bits per heavy atom. The Kier molecular flexibility index (Phi) is 4.49. The summed E-state index contributed by atoms with van der Waals surface area (Å²) in [5.41, 5.74) is 0.816. The van der Waals surface area contributed by atoms with E-state index >= 15 is 0 Å². The van der Waals surface area contributed by atoms with E-state index in [2.05, 4.69) is 28.7 Å². The molecule has 0 unspecified atom stereocenters. The van der Waals surface area contributed by atoms with Gasteiger partial charge in [-0.15, -0.1) is 11.3 Å². The van der Waals surface area contributed by atoms with Gasteiger partial charge in [-0.25, -0.2) is 4.98 Å². The molecule has 18 heavy (non-hydrogen) atoms. The monoisotopic (exact) mass is 265 g/mol. The molecule has 98 valence electrons. The average molecular weight is 265 g/mol. The van der Waals surface area contributed by atoms with E-state index in [0.29, 0.717) is 5.13 Å². The van der Waals surface area contributed by atoms with Crippen molar-refractivity contribution in [2.75, 3.05) is 25.0 Å². The lowest BCUT2D eigenvalue weighted by Crippen LogP contribution is -2.37. The first-order valence-electron chi connectivity index (χ1n) is 6.34. The molecule has 1 fully saturated rings. The van der Waals surface area contributed by atoms with Crippen LogP contribution in [0.4, 0.5) is 5.13 Å². The number of carbonyl (C=O) groups is 1. The molecule has 0 radical (unpaired) electrons. The van der Waals surface area contributed by atoms with Crippen LogP contribution in [0.3, 0.4) is 0 Å². The van der Waals surface area contributed by atoms with E-state index in [1.54, 1.807) is 6.08 Å². The molecular formula is C13H19N3OS. The fourth-order valence-corrected chi connectivity index (χ4v) is 2.86. The largest absolute Gasteiger partial charge is 0.304 e. The predicted octanol–water partition coefficient (Wildman–Crippen LogP) is 2.46. The average Bonchev–Trinajstić information content (AvgIpc) is 2.86. The molecule has 0 aromatic carbocycles. The highest BCUT2D eigenvalue weighted by atomic mass is 32.1. The van der Waals surface area contributed by atoms with Crippen molar-refractivity contribution in [1.29, 1.82) is 0 Å². The van der Waals surface area contributed by atoms with Gasteiger partial charge in [-0.3, -0.25) is 4.79 Å². The summed E-state index contributed by atoms with van der Waals surface area (Å²) >= 11 is 1.45. The Balaban J connectivity index is 1.86. The van der Waals surface area contributed by atoms with Crippen LogP contribution in [0.15, 0.2) is 12.0 Å². The summed E-state index contributed by atoms with van der Waals surface area (Å²) in [6.45, 7) is 8.93. The van der Waals surface area contributed by atoms with Crippen molar-refractivity contribution in [1.82, 2.24) is 9.88 Å². The van der Waals surface area contributed by atoms with Gasteiger partial charge in [0.25, 0.3) is 0 Å². The summed E-state index contributed by atoms with van der Waals surface area (Å²) in [6, 6.07) is 0. The minimum Gasteiger partial charge on any atom is -0.304 e. The standard InChI is InChI=1S/C13H19N3OS/c1-3-11-9-18-13(14-11)15-12(17)10-5-7-16(4-2)8-6-10/h3,9-10H,1,4-8H2,2H3,(H,14,15,17). The highest BCUT2D eigenvalue weighted by Gasteiger charge is 2.24. The van der Waals surface area contributed by atoms with Gasteiger partial charge in [-0.2, -0.15) is 0 Å². The zero-order valence-corrected chi connectivity index (χ0v) is 11.5. The van der Waals surface area contributed by atoms with Crippen LogP contribution in [0.5, 0.6) is 0 Å². The van der Waals surface area contributed by atoms with Crippen LogP contribution < -0.4 is 5.32 Å². The van der Waals surface area contributed by atoms with Crippen molar-refractivity contribution < 1.29 is 4.79 Å². The highest BCUT2D eigenvalue weighted by molar-refractivity contribution is 7.14. The quantitative estimate of drug-likeness (QED) is 0.909. The molecule has 4 nitrogen and oxygen atoms in total. The van der Waals surface area contributed by atoms with Crippen LogP contribution >= 0.6 is 11.3 Å². The van der Waals surface area contributed by atoms with Crippen LogP contribution in [-0.2, 0) is 4.79 Å². The van der Waals surface area contributed by atoms with Gasteiger partial charge in [-0.1, -0.05) is 13.5 Å². The van der Waals surface area contributed by atoms with Crippen molar-refractivity contribution in [2.45, 2.75) is 19.8 Å². The van der Waals surface area contributed by atoms with Crippen LogP contribution in [-0.4, -0.2) is 35.4 Å². The second-order valence-corrected chi connectivity index (χ2v) is 5.34. The second-order valence-electron chi connectivity index (χ2n) is 4.48. The lowest BCUT2D eigenvalue weighted by molar-refractivity contribution is -0.121. The lowest BCUT2D eigenvalue weighted by Gasteiger charge is -2.29. The third-order valence-corrected chi connectivity index (χ3v) is 4.14. The zero-order valence-electron chi connectivity index (χ0n) is 10.7. The topological polar surface area (TPSA) is 45.2 Å². The van der Waals surface area contributed by atoms with Gasteiger partial charge in [0.1, 0.15) is 0 Å². The number of carbonyl (C=O) groups excluding carboxylic acids is 1. The van der Waals surface area contributed by atoms with E-state index in [0.717, 1.165) is 38.2 Å². The van der Waals surface area contributed by atoms with Gasteiger partial charge in [0.15, 0.2) is 5.13 Å². The van der Waals surface area contributed by atoms with E-state index in [9.17, 15) is 4.79 Å². The molecule has 1 aromatic rings. The van der Waals surface area contributed by atoms with E-state index in [1.807, 2.05) is 5.38 Å².